The zero-order valence-electron chi connectivity index (χ0n) is 16.8. The molecule has 0 spiro atoms. The fraction of sp³-hybridized carbons (Fsp3) is 0.136. The molecule has 0 saturated carbocycles. The summed E-state index contributed by atoms with van der Waals surface area (Å²) >= 11 is 6.05. The van der Waals surface area contributed by atoms with E-state index in [1.165, 1.54) is 0 Å². The van der Waals surface area contributed by atoms with Crippen molar-refractivity contribution < 1.29 is 8.94 Å². The molecule has 5 aromatic rings. The number of benzene rings is 2. The van der Waals surface area contributed by atoms with Crippen molar-refractivity contribution in [2.24, 2.45) is 0 Å². The van der Waals surface area contributed by atoms with Gasteiger partial charge in [0.05, 0.1) is 12.2 Å². The molecule has 0 aliphatic heterocycles. The van der Waals surface area contributed by atoms with Gasteiger partial charge in [-0.2, -0.15) is 4.98 Å². The van der Waals surface area contributed by atoms with Crippen molar-refractivity contribution >= 4 is 11.6 Å². The first-order valence-electron chi connectivity index (χ1n) is 9.60. The van der Waals surface area contributed by atoms with Gasteiger partial charge in [0.15, 0.2) is 5.69 Å². The molecule has 0 atom stereocenters. The minimum absolute atomic E-state index is 0.292. The van der Waals surface area contributed by atoms with Crippen molar-refractivity contribution in [3.63, 3.8) is 0 Å². The van der Waals surface area contributed by atoms with Crippen LogP contribution in [0.3, 0.4) is 0 Å². The van der Waals surface area contributed by atoms with E-state index in [9.17, 15) is 0 Å². The third-order valence-corrected chi connectivity index (χ3v) is 5.14. The van der Waals surface area contributed by atoms with Crippen LogP contribution in [0.5, 0.6) is 0 Å². The number of hydrogen-bond donors (Lipinski definition) is 0. The van der Waals surface area contributed by atoms with Crippen LogP contribution in [0.15, 0.2) is 63.5 Å². The van der Waals surface area contributed by atoms with Gasteiger partial charge in [0.1, 0.15) is 11.5 Å². The van der Waals surface area contributed by atoms with Crippen molar-refractivity contribution in [3.05, 3.63) is 76.8 Å². The quantitative estimate of drug-likeness (QED) is 0.387. The van der Waals surface area contributed by atoms with Crippen LogP contribution in [0.25, 0.3) is 34.4 Å². The largest absolute Gasteiger partial charge is 0.441 e. The Morgan fingerprint density at radius 1 is 0.935 bits per heavy atom. The number of aromatic nitrogens is 6. The Hall–Kier alpha value is -3.78. The maximum atomic E-state index is 6.05. The van der Waals surface area contributed by atoms with Gasteiger partial charge >= 0.3 is 0 Å². The Morgan fingerprint density at radius 2 is 1.74 bits per heavy atom. The Labute approximate surface area is 182 Å². The van der Waals surface area contributed by atoms with Gasteiger partial charge in [-0.1, -0.05) is 52.3 Å². The molecular weight excluding hydrogens is 416 g/mol. The molecule has 3 heterocycles. The predicted octanol–water partition coefficient (Wildman–Crippen LogP) is 4.97. The lowest BCUT2D eigenvalue weighted by Crippen LogP contribution is -2.05. The van der Waals surface area contributed by atoms with E-state index in [4.69, 9.17) is 20.5 Å². The highest BCUT2D eigenvalue weighted by Gasteiger charge is 2.20. The molecule has 0 unspecified atom stereocenters. The third-order valence-electron chi connectivity index (χ3n) is 4.91. The van der Waals surface area contributed by atoms with Crippen LogP contribution in [0.2, 0.25) is 5.02 Å². The zero-order chi connectivity index (χ0) is 21.4. The van der Waals surface area contributed by atoms with E-state index >= 15 is 0 Å². The Morgan fingerprint density at radius 3 is 2.55 bits per heavy atom. The highest BCUT2D eigenvalue weighted by atomic mass is 35.5. The first-order valence-corrected chi connectivity index (χ1v) is 9.98. The van der Waals surface area contributed by atoms with Crippen molar-refractivity contribution in [2.75, 3.05) is 0 Å². The fourth-order valence-corrected chi connectivity index (χ4v) is 3.38. The number of halogens is 1. The molecule has 0 amide bonds. The summed E-state index contributed by atoms with van der Waals surface area (Å²) in [4.78, 5) is 9.08. The molecule has 0 bridgehead atoms. The normalized spacial score (nSPS) is 11.2. The molecule has 0 saturated heterocycles. The van der Waals surface area contributed by atoms with E-state index in [-0.39, 0.29) is 0 Å². The average Bonchev–Trinajstić information content (AvgIpc) is 3.49. The number of hydrogen-bond acceptors (Lipinski definition) is 7. The molecule has 8 nitrogen and oxygen atoms in total. The van der Waals surface area contributed by atoms with Crippen LogP contribution in [0.4, 0.5) is 0 Å². The zero-order valence-corrected chi connectivity index (χ0v) is 17.5. The molecule has 0 N–H and O–H groups in total. The lowest BCUT2D eigenvalue weighted by atomic mass is 10.2. The summed E-state index contributed by atoms with van der Waals surface area (Å²) in [5, 5.41) is 13.1. The monoisotopic (exact) mass is 432 g/mol. The molecule has 154 valence electrons. The highest BCUT2D eigenvalue weighted by Crippen LogP contribution is 2.26. The summed E-state index contributed by atoms with van der Waals surface area (Å²) in [6, 6.07) is 17.0. The fourth-order valence-electron chi connectivity index (χ4n) is 3.19. The van der Waals surface area contributed by atoms with Gasteiger partial charge in [0.25, 0.3) is 5.89 Å². The van der Waals surface area contributed by atoms with Crippen molar-refractivity contribution in [2.45, 2.75) is 20.4 Å². The van der Waals surface area contributed by atoms with Crippen LogP contribution in [-0.4, -0.2) is 30.1 Å². The molecule has 3 aromatic heterocycles. The molecule has 0 fully saturated rings. The average molecular weight is 433 g/mol. The van der Waals surface area contributed by atoms with E-state index in [2.05, 4.69) is 25.4 Å². The number of rotatable bonds is 5. The van der Waals surface area contributed by atoms with Gasteiger partial charge in [-0.25, -0.2) is 9.67 Å². The van der Waals surface area contributed by atoms with Crippen LogP contribution in [-0.2, 0) is 6.54 Å². The van der Waals surface area contributed by atoms with Crippen LogP contribution >= 0.6 is 11.6 Å². The maximum absolute atomic E-state index is 6.05. The van der Waals surface area contributed by atoms with Gasteiger partial charge in [-0.15, -0.1) is 5.10 Å². The molecular formula is C22H17ClN6O2. The van der Waals surface area contributed by atoms with E-state index in [1.54, 1.807) is 16.8 Å². The number of oxazole rings is 1. The molecule has 5 rings (SSSR count). The molecule has 31 heavy (non-hydrogen) atoms. The van der Waals surface area contributed by atoms with Crippen molar-refractivity contribution in [3.8, 4) is 34.4 Å². The molecule has 9 heteroatoms. The first-order chi connectivity index (χ1) is 15.1. The minimum Gasteiger partial charge on any atom is -0.441 e. The minimum atomic E-state index is 0.292. The number of aryl methyl sites for hydroxylation is 1. The second-order valence-corrected chi connectivity index (χ2v) is 7.44. The Balaban J connectivity index is 1.41. The second kappa shape index (κ2) is 7.81. The first kappa shape index (κ1) is 19.2. The summed E-state index contributed by atoms with van der Waals surface area (Å²) < 4.78 is 13.0. The topological polar surface area (TPSA) is 95.7 Å². The van der Waals surface area contributed by atoms with E-state index in [0.717, 1.165) is 28.3 Å². The summed E-state index contributed by atoms with van der Waals surface area (Å²) in [6.07, 6.45) is 0. The van der Waals surface area contributed by atoms with E-state index < -0.39 is 0 Å². The standard InChI is InChI=1S/C22H17ClN6O2/c1-13-19(22-25-20(27-31-22)16-9-6-10-17(23)11-16)26-28-29(13)12-18-14(2)30-21(24-18)15-7-4-3-5-8-15/h3-11H,12H2,1-2H3. The maximum Gasteiger partial charge on any atom is 0.280 e. The van der Waals surface area contributed by atoms with Crippen molar-refractivity contribution in [1.29, 1.82) is 0 Å². The summed E-state index contributed by atoms with van der Waals surface area (Å²) in [5.41, 5.74) is 3.77. The summed E-state index contributed by atoms with van der Waals surface area (Å²) in [5.74, 6) is 2.04. The van der Waals surface area contributed by atoms with E-state index in [1.807, 2.05) is 56.3 Å². The predicted molar refractivity (Wildman–Crippen MR) is 114 cm³/mol. The van der Waals surface area contributed by atoms with Gasteiger partial charge in [-0.3, -0.25) is 0 Å². The van der Waals surface area contributed by atoms with Crippen LogP contribution in [0.1, 0.15) is 17.1 Å². The summed E-state index contributed by atoms with van der Waals surface area (Å²) in [6.45, 7) is 4.19. The highest BCUT2D eigenvalue weighted by molar-refractivity contribution is 6.30. The Bertz CT molecular complexity index is 1360. The van der Waals surface area contributed by atoms with Gasteiger partial charge in [0.2, 0.25) is 11.7 Å². The van der Waals surface area contributed by atoms with E-state index in [0.29, 0.717) is 34.9 Å². The second-order valence-electron chi connectivity index (χ2n) is 7.00. The van der Waals surface area contributed by atoms with Crippen LogP contribution < -0.4 is 0 Å². The van der Waals surface area contributed by atoms with Crippen LogP contribution in [0, 0.1) is 13.8 Å². The SMILES string of the molecule is Cc1oc(-c2ccccc2)nc1Cn1nnc(-c2nc(-c3cccc(Cl)c3)no2)c1C. The van der Waals surface area contributed by atoms with Crippen molar-refractivity contribution in [1.82, 2.24) is 30.1 Å². The molecule has 0 aliphatic carbocycles. The molecule has 0 aliphatic rings. The molecule has 2 aromatic carbocycles. The Kier molecular flexibility index (Phi) is 4.83. The third kappa shape index (κ3) is 3.73. The smallest absolute Gasteiger partial charge is 0.280 e. The summed E-state index contributed by atoms with van der Waals surface area (Å²) in [7, 11) is 0. The van der Waals surface area contributed by atoms with Gasteiger partial charge in [0, 0.05) is 16.1 Å². The lowest BCUT2D eigenvalue weighted by Gasteiger charge is -2.00. The molecule has 0 radical (unpaired) electrons. The lowest BCUT2D eigenvalue weighted by molar-refractivity contribution is 0.430. The van der Waals surface area contributed by atoms with Gasteiger partial charge in [-0.05, 0) is 38.1 Å². The van der Waals surface area contributed by atoms with Gasteiger partial charge < -0.3 is 8.94 Å². The number of nitrogens with zero attached hydrogens (tertiary/aromatic N) is 6.